The van der Waals surface area contributed by atoms with Crippen LogP contribution in [0.5, 0.6) is 0 Å². The van der Waals surface area contributed by atoms with Gasteiger partial charge in [0.1, 0.15) is 0 Å². The summed E-state index contributed by atoms with van der Waals surface area (Å²) in [6.07, 6.45) is 0. The summed E-state index contributed by atoms with van der Waals surface area (Å²) in [7, 11) is 3.71. The fraction of sp³-hybridized carbons (Fsp3) is 0.500. The van der Waals surface area contributed by atoms with Gasteiger partial charge in [-0.25, -0.2) is 0 Å². The molecule has 0 spiro atoms. The predicted octanol–water partition coefficient (Wildman–Crippen LogP) is 2.24. The van der Waals surface area contributed by atoms with E-state index in [1.165, 1.54) is 11.1 Å². The molecule has 0 bridgehead atoms. The molecule has 0 aliphatic heterocycles. The quantitative estimate of drug-likeness (QED) is 0.844. The number of carbonyl (C=O) groups is 1. The van der Waals surface area contributed by atoms with Crippen molar-refractivity contribution in [1.29, 1.82) is 0 Å². The van der Waals surface area contributed by atoms with E-state index in [4.69, 9.17) is 0 Å². The van der Waals surface area contributed by atoms with Crippen LogP contribution in [0.4, 0.5) is 5.69 Å². The molecule has 0 unspecified atom stereocenters. The molecule has 1 rings (SSSR count). The summed E-state index contributed by atoms with van der Waals surface area (Å²) in [6, 6.07) is 6.12. The second kappa shape index (κ2) is 10.8. The first-order valence-corrected chi connectivity index (χ1v) is 6.25. The van der Waals surface area contributed by atoms with Crippen LogP contribution < -0.4 is 10.6 Å². The standard InChI is InChI=1S/C14H23N3O.2ClH/c1-11-6-5-7-12(2)14(11)16-10-13(18)17(4)9-8-15-3;;/h5-7,15-16H,8-10H2,1-4H3;2*1H. The van der Waals surface area contributed by atoms with E-state index < -0.39 is 0 Å². The maximum absolute atomic E-state index is 11.9. The number of benzene rings is 1. The van der Waals surface area contributed by atoms with E-state index in [1.54, 1.807) is 4.90 Å². The topological polar surface area (TPSA) is 44.4 Å². The molecule has 116 valence electrons. The van der Waals surface area contributed by atoms with Crippen molar-refractivity contribution in [3.05, 3.63) is 29.3 Å². The van der Waals surface area contributed by atoms with E-state index in [-0.39, 0.29) is 30.7 Å². The summed E-state index contributed by atoms with van der Waals surface area (Å²) in [6.45, 7) is 5.97. The first-order valence-electron chi connectivity index (χ1n) is 6.25. The zero-order valence-corrected chi connectivity index (χ0v) is 14.2. The summed E-state index contributed by atoms with van der Waals surface area (Å²) >= 11 is 0. The molecule has 4 nitrogen and oxygen atoms in total. The minimum Gasteiger partial charge on any atom is -0.376 e. The third-order valence-corrected chi connectivity index (χ3v) is 3.02. The van der Waals surface area contributed by atoms with Crippen LogP contribution in [-0.2, 0) is 4.79 Å². The number of amides is 1. The average molecular weight is 322 g/mol. The van der Waals surface area contributed by atoms with Gasteiger partial charge in [-0.15, -0.1) is 24.8 Å². The number of likely N-dealkylation sites (N-methyl/N-ethyl adjacent to an activating group) is 2. The Bertz CT molecular complexity index is 393. The van der Waals surface area contributed by atoms with Crippen molar-refractivity contribution in [2.75, 3.05) is 39.0 Å². The second-order valence-corrected chi connectivity index (χ2v) is 4.54. The molecule has 20 heavy (non-hydrogen) atoms. The maximum atomic E-state index is 11.9. The molecule has 0 radical (unpaired) electrons. The highest BCUT2D eigenvalue weighted by atomic mass is 35.5. The minimum absolute atomic E-state index is 0. The predicted molar refractivity (Wildman–Crippen MR) is 90.5 cm³/mol. The monoisotopic (exact) mass is 321 g/mol. The number of carbonyl (C=O) groups excluding carboxylic acids is 1. The Labute approximate surface area is 134 Å². The van der Waals surface area contributed by atoms with E-state index in [0.717, 1.165) is 18.8 Å². The summed E-state index contributed by atoms with van der Waals surface area (Å²) < 4.78 is 0. The van der Waals surface area contributed by atoms with Gasteiger partial charge in [0, 0.05) is 25.8 Å². The van der Waals surface area contributed by atoms with Gasteiger partial charge in [0.05, 0.1) is 6.54 Å². The van der Waals surface area contributed by atoms with Crippen LogP contribution in [0.3, 0.4) is 0 Å². The zero-order valence-electron chi connectivity index (χ0n) is 12.5. The highest BCUT2D eigenvalue weighted by molar-refractivity contribution is 5.85. The SMILES string of the molecule is CNCCN(C)C(=O)CNc1c(C)cccc1C.Cl.Cl. The Morgan fingerprint density at radius 3 is 2.25 bits per heavy atom. The lowest BCUT2D eigenvalue weighted by molar-refractivity contribution is -0.127. The van der Waals surface area contributed by atoms with Gasteiger partial charge in [-0.05, 0) is 32.0 Å². The van der Waals surface area contributed by atoms with Gasteiger partial charge in [0.2, 0.25) is 5.91 Å². The molecule has 0 atom stereocenters. The molecule has 0 saturated carbocycles. The van der Waals surface area contributed by atoms with Crippen LogP contribution in [0.2, 0.25) is 0 Å². The second-order valence-electron chi connectivity index (χ2n) is 4.54. The number of hydrogen-bond donors (Lipinski definition) is 2. The number of anilines is 1. The lowest BCUT2D eigenvalue weighted by atomic mass is 10.1. The highest BCUT2D eigenvalue weighted by Crippen LogP contribution is 2.18. The molecule has 2 N–H and O–H groups in total. The Morgan fingerprint density at radius 2 is 1.75 bits per heavy atom. The molecular weight excluding hydrogens is 297 g/mol. The van der Waals surface area contributed by atoms with E-state index in [1.807, 2.05) is 46.1 Å². The van der Waals surface area contributed by atoms with Crippen molar-refractivity contribution in [1.82, 2.24) is 10.2 Å². The Balaban J connectivity index is 0. The smallest absolute Gasteiger partial charge is 0.241 e. The Hall–Kier alpha value is -0.970. The number of aryl methyl sites for hydroxylation is 2. The average Bonchev–Trinajstić information content (AvgIpc) is 2.35. The van der Waals surface area contributed by atoms with Gasteiger partial charge in [0.15, 0.2) is 0 Å². The van der Waals surface area contributed by atoms with Crippen molar-refractivity contribution in [3.8, 4) is 0 Å². The fourth-order valence-electron chi connectivity index (χ4n) is 1.80. The van der Waals surface area contributed by atoms with Gasteiger partial charge in [-0.3, -0.25) is 4.79 Å². The molecule has 0 aliphatic rings. The van der Waals surface area contributed by atoms with Gasteiger partial charge >= 0.3 is 0 Å². The summed E-state index contributed by atoms with van der Waals surface area (Å²) in [5.74, 6) is 0.105. The minimum atomic E-state index is 0. The van der Waals surface area contributed by atoms with Crippen LogP contribution in [0, 0.1) is 13.8 Å². The molecule has 0 aliphatic carbocycles. The van der Waals surface area contributed by atoms with E-state index in [0.29, 0.717) is 6.54 Å². The van der Waals surface area contributed by atoms with E-state index in [2.05, 4.69) is 10.6 Å². The van der Waals surface area contributed by atoms with Gasteiger partial charge in [-0.1, -0.05) is 18.2 Å². The van der Waals surface area contributed by atoms with Gasteiger partial charge in [0.25, 0.3) is 0 Å². The molecule has 0 aromatic heterocycles. The number of para-hydroxylation sites is 1. The van der Waals surface area contributed by atoms with Crippen molar-refractivity contribution in [2.24, 2.45) is 0 Å². The Morgan fingerprint density at radius 1 is 1.20 bits per heavy atom. The zero-order chi connectivity index (χ0) is 13.5. The first-order chi connectivity index (χ1) is 8.56. The molecule has 0 fully saturated rings. The van der Waals surface area contributed by atoms with Crippen LogP contribution in [0.1, 0.15) is 11.1 Å². The lowest BCUT2D eigenvalue weighted by Crippen LogP contribution is -2.36. The molecule has 1 amide bonds. The molecule has 1 aromatic carbocycles. The van der Waals surface area contributed by atoms with Crippen LogP contribution in [0.15, 0.2) is 18.2 Å². The highest BCUT2D eigenvalue weighted by Gasteiger charge is 2.09. The Kier molecular flexibility index (Phi) is 11.5. The maximum Gasteiger partial charge on any atom is 0.241 e. The van der Waals surface area contributed by atoms with Crippen LogP contribution in [0.25, 0.3) is 0 Å². The van der Waals surface area contributed by atoms with E-state index >= 15 is 0 Å². The third-order valence-electron chi connectivity index (χ3n) is 3.02. The number of hydrogen-bond acceptors (Lipinski definition) is 3. The van der Waals surface area contributed by atoms with E-state index in [9.17, 15) is 4.79 Å². The molecule has 6 heteroatoms. The molecule has 1 aromatic rings. The van der Waals surface area contributed by atoms with Gasteiger partial charge < -0.3 is 15.5 Å². The third kappa shape index (κ3) is 6.46. The normalized spacial score (nSPS) is 9.20. The number of rotatable bonds is 6. The summed E-state index contributed by atoms with van der Waals surface area (Å²) in [5, 5.41) is 6.26. The number of nitrogens with one attached hydrogen (secondary N) is 2. The van der Waals surface area contributed by atoms with Crippen LogP contribution in [-0.4, -0.2) is 44.5 Å². The van der Waals surface area contributed by atoms with Crippen molar-refractivity contribution in [3.63, 3.8) is 0 Å². The molecular formula is C14H25Cl2N3O. The number of nitrogens with zero attached hydrogens (tertiary/aromatic N) is 1. The van der Waals surface area contributed by atoms with Crippen molar-refractivity contribution in [2.45, 2.75) is 13.8 Å². The van der Waals surface area contributed by atoms with Crippen LogP contribution >= 0.6 is 24.8 Å². The van der Waals surface area contributed by atoms with Crippen molar-refractivity contribution < 1.29 is 4.79 Å². The largest absolute Gasteiger partial charge is 0.376 e. The fourth-order valence-corrected chi connectivity index (χ4v) is 1.80. The molecule has 0 saturated heterocycles. The number of halogens is 2. The van der Waals surface area contributed by atoms with Crippen molar-refractivity contribution >= 4 is 36.4 Å². The molecule has 0 heterocycles. The first kappa shape index (κ1) is 21.3. The van der Waals surface area contributed by atoms with Gasteiger partial charge in [-0.2, -0.15) is 0 Å². The lowest BCUT2D eigenvalue weighted by Gasteiger charge is -2.18. The summed E-state index contributed by atoms with van der Waals surface area (Å²) in [4.78, 5) is 13.6. The summed E-state index contributed by atoms with van der Waals surface area (Å²) in [5.41, 5.74) is 3.40.